The van der Waals surface area contributed by atoms with Crippen LogP contribution in [0.2, 0.25) is 0 Å². The van der Waals surface area contributed by atoms with Crippen molar-refractivity contribution < 1.29 is 14.6 Å². The van der Waals surface area contributed by atoms with E-state index in [2.05, 4.69) is 9.80 Å². The van der Waals surface area contributed by atoms with E-state index in [1.807, 2.05) is 12.1 Å². The minimum absolute atomic E-state index is 0.181. The van der Waals surface area contributed by atoms with Crippen LogP contribution < -0.4 is 10.6 Å². The van der Waals surface area contributed by atoms with Gasteiger partial charge in [-0.1, -0.05) is 6.07 Å². The standard InChI is InChI=1S/C15H23N3O3/c1-21-15(20)12-4-2-5-13(14(12)16)18-7-3-6-17(8-9-18)10-11-19/h2,4-5,19H,3,6-11,16H2,1H3. The fourth-order valence-corrected chi connectivity index (χ4v) is 2.69. The van der Waals surface area contributed by atoms with Crippen LogP contribution in [0.5, 0.6) is 0 Å². The van der Waals surface area contributed by atoms with E-state index >= 15 is 0 Å². The zero-order valence-corrected chi connectivity index (χ0v) is 12.4. The molecule has 21 heavy (non-hydrogen) atoms. The number of para-hydroxylation sites is 1. The van der Waals surface area contributed by atoms with Crippen LogP contribution in [0, 0.1) is 0 Å². The number of nitrogen functional groups attached to an aromatic ring is 1. The third-order valence-corrected chi connectivity index (χ3v) is 3.83. The van der Waals surface area contributed by atoms with Gasteiger partial charge in [-0.15, -0.1) is 0 Å². The number of nitrogens with two attached hydrogens (primary N) is 1. The van der Waals surface area contributed by atoms with Gasteiger partial charge in [0.2, 0.25) is 0 Å². The first-order valence-electron chi connectivity index (χ1n) is 7.22. The summed E-state index contributed by atoms with van der Waals surface area (Å²) in [6, 6.07) is 5.44. The number of anilines is 2. The summed E-state index contributed by atoms with van der Waals surface area (Å²) in [6.45, 7) is 4.44. The van der Waals surface area contributed by atoms with E-state index in [1.54, 1.807) is 6.07 Å². The van der Waals surface area contributed by atoms with Crippen molar-refractivity contribution in [1.82, 2.24) is 4.90 Å². The molecule has 0 aliphatic carbocycles. The van der Waals surface area contributed by atoms with Crippen LogP contribution in [0.15, 0.2) is 18.2 Å². The molecule has 0 atom stereocenters. The van der Waals surface area contributed by atoms with Crippen molar-refractivity contribution in [3.63, 3.8) is 0 Å². The molecule has 0 unspecified atom stereocenters. The Morgan fingerprint density at radius 3 is 2.86 bits per heavy atom. The van der Waals surface area contributed by atoms with Crippen molar-refractivity contribution in [1.29, 1.82) is 0 Å². The predicted octanol–water partition coefficient (Wildman–Crippen LogP) is 0.560. The second kappa shape index (κ2) is 7.28. The molecule has 2 rings (SSSR count). The Kier molecular flexibility index (Phi) is 5.41. The van der Waals surface area contributed by atoms with Gasteiger partial charge in [-0.2, -0.15) is 0 Å². The first kappa shape index (κ1) is 15.6. The number of hydrogen-bond donors (Lipinski definition) is 2. The van der Waals surface area contributed by atoms with Crippen molar-refractivity contribution in [2.75, 3.05) is 57.1 Å². The second-order valence-corrected chi connectivity index (χ2v) is 5.14. The number of aliphatic hydroxyl groups excluding tert-OH is 1. The molecule has 1 aliphatic heterocycles. The second-order valence-electron chi connectivity index (χ2n) is 5.14. The summed E-state index contributed by atoms with van der Waals surface area (Å²) in [6.07, 6.45) is 1.00. The SMILES string of the molecule is COC(=O)c1cccc(N2CCCN(CCO)CC2)c1N. The van der Waals surface area contributed by atoms with Gasteiger partial charge in [0.25, 0.3) is 0 Å². The predicted molar refractivity (Wildman–Crippen MR) is 82.5 cm³/mol. The molecule has 1 fully saturated rings. The number of carbonyl (C=O) groups excluding carboxylic acids is 1. The van der Waals surface area contributed by atoms with E-state index in [0.717, 1.165) is 38.3 Å². The lowest BCUT2D eigenvalue weighted by atomic mass is 10.1. The molecule has 1 heterocycles. The maximum absolute atomic E-state index is 11.7. The lowest BCUT2D eigenvalue weighted by molar-refractivity contribution is 0.0602. The van der Waals surface area contributed by atoms with Gasteiger partial charge in [0, 0.05) is 26.2 Å². The Labute approximate surface area is 125 Å². The van der Waals surface area contributed by atoms with Gasteiger partial charge in [-0.05, 0) is 25.1 Å². The molecule has 0 radical (unpaired) electrons. The van der Waals surface area contributed by atoms with E-state index in [-0.39, 0.29) is 6.61 Å². The third kappa shape index (κ3) is 3.65. The van der Waals surface area contributed by atoms with Gasteiger partial charge < -0.3 is 20.5 Å². The number of hydrogen-bond acceptors (Lipinski definition) is 6. The van der Waals surface area contributed by atoms with Gasteiger partial charge in [0.05, 0.1) is 30.7 Å². The first-order chi connectivity index (χ1) is 10.2. The molecule has 6 heteroatoms. The molecule has 0 amide bonds. The van der Waals surface area contributed by atoms with Crippen molar-refractivity contribution >= 4 is 17.3 Å². The average molecular weight is 293 g/mol. The molecule has 0 spiro atoms. The molecular weight excluding hydrogens is 270 g/mol. The topological polar surface area (TPSA) is 79.0 Å². The van der Waals surface area contributed by atoms with Crippen LogP contribution in [0.3, 0.4) is 0 Å². The number of ether oxygens (including phenoxy) is 1. The normalized spacial score (nSPS) is 16.6. The zero-order chi connectivity index (χ0) is 15.2. The zero-order valence-electron chi connectivity index (χ0n) is 12.4. The Morgan fingerprint density at radius 1 is 1.33 bits per heavy atom. The van der Waals surface area contributed by atoms with Crippen LogP contribution in [0.25, 0.3) is 0 Å². The molecule has 1 aromatic carbocycles. The van der Waals surface area contributed by atoms with E-state index in [0.29, 0.717) is 17.8 Å². The molecule has 0 aromatic heterocycles. The maximum atomic E-state index is 11.7. The fraction of sp³-hybridized carbons (Fsp3) is 0.533. The number of carbonyl (C=O) groups is 1. The average Bonchev–Trinajstić information content (AvgIpc) is 2.73. The van der Waals surface area contributed by atoms with Gasteiger partial charge in [-0.25, -0.2) is 4.79 Å². The van der Waals surface area contributed by atoms with Crippen molar-refractivity contribution in [3.05, 3.63) is 23.8 Å². The van der Waals surface area contributed by atoms with Gasteiger partial charge in [0.1, 0.15) is 0 Å². The molecule has 6 nitrogen and oxygen atoms in total. The van der Waals surface area contributed by atoms with Crippen LogP contribution in [0.4, 0.5) is 11.4 Å². The summed E-state index contributed by atoms with van der Waals surface area (Å²) < 4.78 is 4.76. The summed E-state index contributed by atoms with van der Waals surface area (Å²) in [5.74, 6) is -0.411. The Morgan fingerprint density at radius 2 is 2.14 bits per heavy atom. The summed E-state index contributed by atoms with van der Waals surface area (Å²) in [7, 11) is 1.35. The van der Waals surface area contributed by atoms with Gasteiger partial charge >= 0.3 is 5.97 Å². The summed E-state index contributed by atoms with van der Waals surface area (Å²) in [5, 5.41) is 9.04. The largest absolute Gasteiger partial charge is 0.465 e. The molecule has 0 saturated carbocycles. The summed E-state index contributed by atoms with van der Waals surface area (Å²) in [5.41, 5.74) is 7.90. The highest BCUT2D eigenvalue weighted by atomic mass is 16.5. The van der Waals surface area contributed by atoms with Crippen LogP contribution >= 0.6 is 0 Å². The molecular formula is C15H23N3O3. The summed E-state index contributed by atoms with van der Waals surface area (Å²) >= 11 is 0. The summed E-state index contributed by atoms with van der Waals surface area (Å²) in [4.78, 5) is 16.1. The quantitative estimate of drug-likeness (QED) is 0.624. The van der Waals surface area contributed by atoms with E-state index in [1.165, 1.54) is 7.11 Å². The minimum atomic E-state index is -0.411. The first-order valence-corrected chi connectivity index (χ1v) is 7.22. The van der Waals surface area contributed by atoms with Crippen LogP contribution in [-0.4, -0.2) is 62.4 Å². The molecule has 1 saturated heterocycles. The van der Waals surface area contributed by atoms with Crippen LogP contribution in [-0.2, 0) is 4.74 Å². The lowest BCUT2D eigenvalue weighted by Gasteiger charge is -2.25. The fourth-order valence-electron chi connectivity index (χ4n) is 2.69. The maximum Gasteiger partial charge on any atom is 0.340 e. The molecule has 1 aliphatic rings. The van der Waals surface area contributed by atoms with Crippen LogP contribution in [0.1, 0.15) is 16.8 Å². The third-order valence-electron chi connectivity index (χ3n) is 3.83. The van der Waals surface area contributed by atoms with Crippen molar-refractivity contribution in [2.45, 2.75) is 6.42 Å². The van der Waals surface area contributed by atoms with Crippen molar-refractivity contribution in [2.24, 2.45) is 0 Å². The Bertz CT molecular complexity index is 493. The number of β-amino-alcohol motifs (C(OH)–C–C–N with tert-alkyl or cyclic N) is 1. The number of benzene rings is 1. The number of esters is 1. The Balaban J connectivity index is 2.16. The van der Waals surface area contributed by atoms with E-state index in [4.69, 9.17) is 15.6 Å². The number of aliphatic hydroxyl groups is 1. The van der Waals surface area contributed by atoms with E-state index in [9.17, 15) is 4.79 Å². The smallest absolute Gasteiger partial charge is 0.340 e. The van der Waals surface area contributed by atoms with E-state index < -0.39 is 5.97 Å². The number of rotatable bonds is 4. The molecule has 116 valence electrons. The Hall–Kier alpha value is -1.79. The van der Waals surface area contributed by atoms with Gasteiger partial charge in [-0.3, -0.25) is 4.90 Å². The molecule has 3 N–H and O–H groups in total. The van der Waals surface area contributed by atoms with Crippen molar-refractivity contribution in [3.8, 4) is 0 Å². The molecule has 1 aromatic rings. The minimum Gasteiger partial charge on any atom is -0.465 e. The monoisotopic (exact) mass is 293 g/mol. The highest BCUT2D eigenvalue weighted by Gasteiger charge is 2.19. The highest BCUT2D eigenvalue weighted by Crippen LogP contribution is 2.28. The highest BCUT2D eigenvalue weighted by molar-refractivity contribution is 5.98. The number of methoxy groups -OCH3 is 1. The lowest BCUT2D eigenvalue weighted by Crippen LogP contribution is -2.32. The number of nitrogens with zero attached hydrogens (tertiary/aromatic N) is 2. The molecule has 0 bridgehead atoms. The van der Waals surface area contributed by atoms with Gasteiger partial charge in [0.15, 0.2) is 0 Å².